The molecule has 0 aliphatic carbocycles. The molecule has 1 rings (SSSR count). The van der Waals surface area contributed by atoms with Gasteiger partial charge in [0.1, 0.15) is 5.60 Å². The zero-order valence-corrected chi connectivity index (χ0v) is 11.3. The van der Waals surface area contributed by atoms with Crippen molar-refractivity contribution in [3.8, 4) is 0 Å². The molecule has 0 fully saturated rings. The lowest BCUT2D eigenvalue weighted by atomic mass is 9.98. The predicted octanol–water partition coefficient (Wildman–Crippen LogP) is 3.72. The number of benzene rings is 1. The Kier molecular flexibility index (Phi) is 4.09. The SMILES string of the molecule is Cc1ccc(C(C)C(=O)OC(C)(C)C)c(F)c1F. The van der Waals surface area contributed by atoms with Crippen molar-refractivity contribution >= 4 is 5.97 Å². The Balaban J connectivity index is 3.01. The van der Waals surface area contributed by atoms with E-state index in [0.717, 1.165) is 0 Å². The largest absolute Gasteiger partial charge is 0.460 e. The Bertz CT molecular complexity index is 462. The summed E-state index contributed by atoms with van der Waals surface area (Å²) in [6.07, 6.45) is 0. The maximum Gasteiger partial charge on any atom is 0.313 e. The van der Waals surface area contributed by atoms with Crippen molar-refractivity contribution in [3.63, 3.8) is 0 Å². The fourth-order valence-electron chi connectivity index (χ4n) is 1.51. The van der Waals surface area contributed by atoms with Crippen molar-refractivity contribution in [1.82, 2.24) is 0 Å². The summed E-state index contributed by atoms with van der Waals surface area (Å²) in [5.41, 5.74) is -0.412. The first-order valence-corrected chi connectivity index (χ1v) is 5.81. The number of carbonyl (C=O) groups excluding carboxylic acids is 1. The first-order valence-electron chi connectivity index (χ1n) is 5.81. The van der Waals surface area contributed by atoms with Crippen molar-refractivity contribution in [2.75, 3.05) is 0 Å². The second kappa shape index (κ2) is 5.04. The van der Waals surface area contributed by atoms with Crippen LogP contribution in [-0.4, -0.2) is 11.6 Å². The van der Waals surface area contributed by atoms with Gasteiger partial charge >= 0.3 is 5.97 Å². The molecule has 1 unspecified atom stereocenters. The minimum atomic E-state index is -0.978. The first-order chi connectivity index (χ1) is 8.13. The van der Waals surface area contributed by atoms with Crippen LogP contribution in [0.4, 0.5) is 8.78 Å². The van der Waals surface area contributed by atoms with E-state index in [2.05, 4.69) is 0 Å². The van der Waals surface area contributed by atoms with Crippen molar-refractivity contribution in [3.05, 3.63) is 34.9 Å². The van der Waals surface area contributed by atoms with E-state index in [4.69, 9.17) is 4.74 Å². The van der Waals surface area contributed by atoms with Gasteiger partial charge in [0.05, 0.1) is 5.92 Å². The molecule has 0 radical (unpaired) electrons. The molecular weight excluding hydrogens is 238 g/mol. The molecule has 2 nitrogen and oxygen atoms in total. The van der Waals surface area contributed by atoms with E-state index in [0.29, 0.717) is 0 Å². The van der Waals surface area contributed by atoms with Crippen LogP contribution < -0.4 is 0 Å². The Hall–Kier alpha value is -1.45. The fraction of sp³-hybridized carbons (Fsp3) is 0.500. The van der Waals surface area contributed by atoms with E-state index in [-0.39, 0.29) is 11.1 Å². The molecule has 1 aromatic carbocycles. The fourth-order valence-corrected chi connectivity index (χ4v) is 1.51. The summed E-state index contributed by atoms with van der Waals surface area (Å²) < 4.78 is 32.3. The summed E-state index contributed by atoms with van der Waals surface area (Å²) in [6.45, 7) is 8.15. The van der Waals surface area contributed by atoms with Crippen LogP contribution in [-0.2, 0) is 9.53 Å². The molecule has 0 heterocycles. The van der Waals surface area contributed by atoms with E-state index in [1.165, 1.54) is 26.0 Å². The second-order valence-electron chi connectivity index (χ2n) is 5.35. The third kappa shape index (κ3) is 3.28. The molecule has 0 bridgehead atoms. The van der Waals surface area contributed by atoms with E-state index in [9.17, 15) is 13.6 Å². The van der Waals surface area contributed by atoms with Gasteiger partial charge in [-0.3, -0.25) is 4.79 Å². The molecular formula is C14H18F2O2. The van der Waals surface area contributed by atoms with Gasteiger partial charge in [-0.05, 0) is 40.2 Å². The highest BCUT2D eigenvalue weighted by molar-refractivity contribution is 5.78. The van der Waals surface area contributed by atoms with Crippen LogP contribution >= 0.6 is 0 Å². The molecule has 1 atom stereocenters. The van der Waals surface area contributed by atoms with Crippen molar-refractivity contribution in [2.45, 2.75) is 46.1 Å². The predicted molar refractivity (Wildman–Crippen MR) is 65.4 cm³/mol. The molecule has 1 aromatic rings. The number of rotatable bonds is 2. The molecule has 100 valence electrons. The van der Waals surface area contributed by atoms with Gasteiger partial charge in [0.15, 0.2) is 11.6 Å². The molecule has 0 aromatic heterocycles. The number of ether oxygens (including phenoxy) is 1. The van der Waals surface area contributed by atoms with Crippen LogP contribution in [0.25, 0.3) is 0 Å². The highest BCUT2D eigenvalue weighted by atomic mass is 19.2. The maximum absolute atomic E-state index is 13.7. The van der Waals surface area contributed by atoms with Crippen LogP contribution in [0.1, 0.15) is 44.7 Å². The molecule has 0 spiro atoms. The van der Waals surface area contributed by atoms with E-state index < -0.39 is 29.1 Å². The summed E-state index contributed by atoms with van der Waals surface area (Å²) >= 11 is 0. The number of hydrogen-bond donors (Lipinski definition) is 0. The monoisotopic (exact) mass is 256 g/mol. The average molecular weight is 256 g/mol. The Morgan fingerprint density at radius 2 is 1.78 bits per heavy atom. The lowest BCUT2D eigenvalue weighted by molar-refractivity contribution is -0.156. The van der Waals surface area contributed by atoms with Gasteiger partial charge in [-0.2, -0.15) is 0 Å². The van der Waals surface area contributed by atoms with Crippen molar-refractivity contribution < 1.29 is 18.3 Å². The van der Waals surface area contributed by atoms with Crippen molar-refractivity contribution in [1.29, 1.82) is 0 Å². The van der Waals surface area contributed by atoms with Gasteiger partial charge in [-0.15, -0.1) is 0 Å². The summed E-state index contributed by atoms with van der Waals surface area (Å²) in [4.78, 5) is 11.8. The molecule has 0 aliphatic rings. The van der Waals surface area contributed by atoms with Crippen LogP contribution in [0.5, 0.6) is 0 Å². The van der Waals surface area contributed by atoms with E-state index in [1.807, 2.05) is 0 Å². The molecule has 0 saturated heterocycles. The minimum Gasteiger partial charge on any atom is -0.460 e. The number of esters is 1. The van der Waals surface area contributed by atoms with E-state index >= 15 is 0 Å². The molecule has 0 aliphatic heterocycles. The maximum atomic E-state index is 13.7. The van der Waals surface area contributed by atoms with Crippen molar-refractivity contribution in [2.24, 2.45) is 0 Å². The number of carbonyl (C=O) groups is 1. The lowest BCUT2D eigenvalue weighted by Gasteiger charge is -2.22. The second-order valence-corrected chi connectivity index (χ2v) is 5.35. The number of halogens is 2. The number of aryl methyl sites for hydroxylation is 1. The number of hydrogen-bond acceptors (Lipinski definition) is 2. The van der Waals surface area contributed by atoms with Crippen LogP contribution in [0.2, 0.25) is 0 Å². The smallest absolute Gasteiger partial charge is 0.313 e. The van der Waals surface area contributed by atoms with Crippen LogP contribution in [0.15, 0.2) is 12.1 Å². The summed E-state index contributed by atoms with van der Waals surface area (Å²) in [5.74, 6) is -3.29. The van der Waals surface area contributed by atoms with Gasteiger partial charge in [0.25, 0.3) is 0 Å². The Morgan fingerprint density at radius 3 is 2.28 bits per heavy atom. The molecule has 4 heteroatoms. The topological polar surface area (TPSA) is 26.3 Å². The minimum absolute atomic E-state index is 0.0207. The summed E-state index contributed by atoms with van der Waals surface area (Å²) in [5, 5.41) is 0. The molecule has 18 heavy (non-hydrogen) atoms. The lowest BCUT2D eigenvalue weighted by Crippen LogP contribution is -2.27. The summed E-state index contributed by atoms with van der Waals surface area (Å²) in [6, 6.07) is 2.87. The highest BCUT2D eigenvalue weighted by Gasteiger charge is 2.26. The van der Waals surface area contributed by atoms with Gasteiger partial charge in [-0.1, -0.05) is 12.1 Å². The van der Waals surface area contributed by atoms with Crippen LogP contribution in [0.3, 0.4) is 0 Å². The van der Waals surface area contributed by atoms with Crippen LogP contribution in [0, 0.1) is 18.6 Å². The van der Waals surface area contributed by atoms with Gasteiger partial charge in [0, 0.05) is 5.56 Å². The molecule has 0 N–H and O–H groups in total. The van der Waals surface area contributed by atoms with Gasteiger partial charge in [-0.25, -0.2) is 8.78 Å². The van der Waals surface area contributed by atoms with Gasteiger partial charge < -0.3 is 4.74 Å². The quantitative estimate of drug-likeness (QED) is 0.754. The molecule has 0 saturated carbocycles. The third-order valence-electron chi connectivity index (χ3n) is 2.53. The summed E-state index contributed by atoms with van der Waals surface area (Å²) in [7, 11) is 0. The third-order valence-corrected chi connectivity index (χ3v) is 2.53. The standard InChI is InChI=1S/C14H18F2O2/c1-8-6-7-10(12(16)11(8)15)9(2)13(17)18-14(3,4)5/h6-7,9H,1-5H3. The highest BCUT2D eigenvalue weighted by Crippen LogP contribution is 2.25. The average Bonchev–Trinajstić information content (AvgIpc) is 2.23. The van der Waals surface area contributed by atoms with E-state index in [1.54, 1.807) is 20.8 Å². The zero-order valence-electron chi connectivity index (χ0n) is 11.3. The Labute approximate surface area is 106 Å². The van der Waals surface area contributed by atoms with Gasteiger partial charge in [0.2, 0.25) is 0 Å². The molecule has 0 amide bonds. The zero-order chi connectivity index (χ0) is 14.1. The normalized spacial score (nSPS) is 13.3. The Morgan fingerprint density at radius 1 is 1.22 bits per heavy atom. The first kappa shape index (κ1) is 14.6.